The molecule has 0 fully saturated rings. The van der Waals surface area contributed by atoms with Gasteiger partial charge in [-0.15, -0.1) is 0 Å². The van der Waals surface area contributed by atoms with Crippen molar-refractivity contribution in [3.8, 4) is 45.6 Å². The summed E-state index contributed by atoms with van der Waals surface area (Å²) in [6, 6.07) is 6.11. The van der Waals surface area contributed by atoms with E-state index in [2.05, 4.69) is 0 Å². The van der Waals surface area contributed by atoms with Gasteiger partial charge in [0.15, 0.2) is 11.6 Å². The van der Waals surface area contributed by atoms with Crippen LogP contribution in [0.15, 0.2) is 24.3 Å². The van der Waals surface area contributed by atoms with E-state index in [1.807, 2.05) is 0 Å². The van der Waals surface area contributed by atoms with Crippen molar-refractivity contribution in [3.05, 3.63) is 46.5 Å². The standard InChI is InChI=1S/C33H32O10/c1-32(39)10-18-24(16-6-14(41-3)8-20(34)26(16)30(37)27(18)21(35)12-32)25-17-7-15(42-4)9-23(43-5)29(17)31(38)28-19(25)11-33(2,40)13-22(28)36/h6-9,34,37-40H,10-13H2,1-5H3. The Kier molecular flexibility index (Phi) is 6.30. The van der Waals surface area contributed by atoms with Crippen LogP contribution in [-0.2, 0) is 12.8 Å². The molecule has 224 valence electrons. The first-order chi connectivity index (χ1) is 20.2. The fourth-order valence-corrected chi connectivity index (χ4v) is 6.87. The molecule has 10 nitrogen and oxygen atoms in total. The molecule has 2 aliphatic rings. The van der Waals surface area contributed by atoms with Gasteiger partial charge >= 0.3 is 0 Å². The maximum atomic E-state index is 13.6. The highest BCUT2D eigenvalue weighted by Crippen LogP contribution is 2.55. The highest BCUT2D eigenvalue weighted by atomic mass is 16.5. The van der Waals surface area contributed by atoms with E-state index < -0.39 is 28.5 Å². The third-order valence-corrected chi connectivity index (χ3v) is 8.56. The summed E-state index contributed by atoms with van der Waals surface area (Å²) in [6.07, 6.45) is -0.622. The Bertz CT molecular complexity index is 1900. The molecule has 5 N–H and O–H groups in total. The Morgan fingerprint density at radius 2 is 1.05 bits per heavy atom. The molecule has 0 aromatic heterocycles. The van der Waals surface area contributed by atoms with Crippen LogP contribution in [0.4, 0.5) is 0 Å². The van der Waals surface area contributed by atoms with Gasteiger partial charge in [-0.1, -0.05) is 0 Å². The van der Waals surface area contributed by atoms with Crippen LogP contribution in [0.5, 0.6) is 34.5 Å². The number of fused-ring (bicyclic) bond motifs is 4. The third-order valence-electron chi connectivity index (χ3n) is 8.56. The average Bonchev–Trinajstić information content (AvgIpc) is 2.91. The summed E-state index contributed by atoms with van der Waals surface area (Å²) in [7, 11) is 4.29. The minimum Gasteiger partial charge on any atom is -0.507 e. The van der Waals surface area contributed by atoms with Crippen molar-refractivity contribution in [2.24, 2.45) is 0 Å². The number of carbonyl (C=O) groups is 2. The number of aromatic hydroxyl groups is 3. The Morgan fingerprint density at radius 3 is 1.51 bits per heavy atom. The first kappa shape index (κ1) is 28.6. The lowest BCUT2D eigenvalue weighted by molar-refractivity contribution is 0.0393. The van der Waals surface area contributed by atoms with Crippen molar-refractivity contribution in [2.75, 3.05) is 21.3 Å². The number of ether oxygens (including phenoxy) is 3. The summed E-state index contributed by atoms with van der Waals surface area (Å²) in [5.74, 6) is -1.33. The summed E-state index contributed by atoms with van der Waals surface area (Å²) in [5.41, 5.74) is -1.76. The van der Waals surface area contributed by atoms with Gasteiger partial charge in [-0.3, -0.25) is 9.59 Å². The van der Waals surface area contributed by atoms with Crippen LogP contribution in [-0.4, -0.2) is 69.6 Å². The van der Waals surface area contributed by atoms with Crippen molar-refractivity contribution >= 4 is 33.1 Å². The summed E-state index contributed by atoms with van der Waals surface area (Å²) in [6.45, 7) is 3.05. The maximum Gasteiger partial charge on any atom is 0.169 e. The first-order valence-corrected chi connectivity index (χ1v) is 13.8. The zero-order valence-corrected chi connectivity index (χ0v) is 24.4. The molecule has 2 aliphatic carbocycles. The Hall–Kier alpha value is -4.54. The number of phenolic OH excluding ortho intramolecular Hbond substituents is 3. The van der Waals surface area contributed by atoms with Crippen LogP contribution in [0.3, 0.4) is 0 Å². The first-order valence-electron chi connectivity index (χ1n) is 13.8. The molecule has 10 heteroatoms. The zero-order valence-electron chi connectivity index (χ0n) is 24.4. The number of methoxy groups -OCH3 is 3. The second kappa shape index (κ2) is 9.48. The van der Waals surface area contributed by atoms with Gasteiger partial charge < -0.3 is 39.7 Å². The van der Waals surface area contributed by atoms with E-state index in [1.54, 1.807) is 18.2 Å². The molecule has 4 aromatic rings. The number of rotatable bonds is 4. The Balaban J connectivity index is 1.96. The van der Waals surface area contributed by atoms with Crippen molar-refractivity contribution in [1.82, 2.24) is 0 Å². The molecule has 0 bridgehead atoms. The van der Waals surface area contributed by atoms with E-state index in [-0.39, 0.29) is 81.5 Å². The van der Waals surface area contributed by atoms with Gasteiger partial charge in [0.1, 0.15) is 34.5 Å². The summed E-state index contributed by atoms with van der Waals surface area (Å²) < 4.78 is 16.6. The Morgan fingerprint density at radius 1 is 0.605 bits per heavy atom. The van der Waals surface area contributed by atoms with Crippen molar-refractivity contribution in [3.63, 3.8) is 0 Å². The third kappa shape index (κ3) is 4.24. The highest BCUT2D eigenvalue weighted by molar-refractivity contribution is 6.21. The molecular formula is C33H32O10. The lowest BCUT2D eigenvalue weighted by Crippen LogP contribution is -2.37. The number of hydrogen-bond acceptors (Lipinski definition) is 10. The minimum absolute atomic E-state index is 0.00604. The summed E-state index contributed by atoms with van der Waals surface area (Å²) >= 11 is 0. The van der Waals surface area contributed by atoms with Crippen LogP contribution in [0.25, 0.3) is 32.7 Å². The topological polar surface area (TPSA) is 163 Å². The summed E-state index contributed by atoms with van der Waals surface area (Å²) in [4.78, 5) is 27.2. The molecule has 43 heavy (non-hydrogen) atoms. The molecular weight excluding hydrogens is 556 g/mol. The van der Waals surface area contributed by atoms with E-state index in [0.717, 1.165) is 0 Å². The van der Waals surface area contributed by atoms with Crippen LogP contribution < -0.4 is 14.2 Å². The van der Waals surface area contributed by atoms with Gasteiger partial charge in [0, 0.05) is 48.6 Å². The van der Waals surface area contributed by atoms with E-state index >= 15 is 0 Å². The van der Waals surface area contributed by atoms with Gasteiger partial charge in [0.25, 0.3) is 0 Å². The SMILES string of the molecule is COc1cc(O)c2c(O)c3c(c(-c4c5c(c(O)c6c(OC)cc(OC)cc46)C(=O)CC(C)(O)C5)c2c1)CC(C)(O)CC3=O. The molecule has 0 radical (unpaired) electrons. The second-order valence-corrected chi connectivity index (χ2v) is 12.0. The van der Waals surface area contributed by atoms with Crippen molar-refractivity contribution in [2.45, 2.75) is 50.7 Å². The molecule has 0 amide bonds. The van der Waals surface area contributed by atoms with E-state index in [0.29, 0.717) is 27.8 Å². The quantitative estimate of drug-likeness (QED) is 0.228. The average molecular weight is 589 g/mol. The van der Waals surface area contributed by atoms with E-state index in [1.165, 1.54) is 41.2 Å². The van der Waals surface area contributed by atoms with E-state index in [4.69, 9.17) is 14.2 Å². The highest BCUT2D eigenvalue weighted by Gasteiger charge is 2.42. The zero-order chi connectivity index (χ0) is 31.2. The number of aliphatic hydroxyl groups is 2. The van der Waals surface area contributed by atoms with Gasteiger partial charge in [-0.2, -0.15) is 0 Å². The van der Waals surface area contributed by atoms with Crippen LogP contribution in [0.1, 0.15) is 58.5 Å². The maximum absolute atomic E-state index is 13.6. The number of carbonyl (C=O) groups excluding carboxylic acids is 2. The van der Waals surface area contributed by atoms with Crippen molar-refractivity contribution in [1.29, 1.82) is 0 Å². The van der Waals surface area contributed by atoms with Crippen LogP contribution in [0, 0.1) is 0 Å². The molecule has 0 aliphatic heterocycles. The van der Waals surface area contributed by atoms with Gasteiger partial charge in [0.05, 0.1) is 54.4 Å². The molecule has 2 unspecified atom stereocenters. The molecule has 0 spiro atoms. The van der Waals surface area contributed by atoms with E-state index in [9.17, 15) is 35.1 Å². The molecule has 0 saturated carbocycles. The minimum atomic E-state index is -1.48. The predicted octanol–water partition coefficient (Wildman–Crippen LogP) is 4.56. The van der Waals surface area contributed by atoms with Gasteiger partial charge in [-0.25, -0.2) is 0 Å². The number of ketones is 2. The fraction of sp³-hybridized carbons (Fsp3) is 0.333. The normalized spacial score (nSPS) is 21.6. The number of benzene rings is 4. The molecule has 2 atom stereocenters. The number of hydrogen-bond donors (Lipinski definition) is 5. The molecule has 6 rings (SSSR count). The number of phenols is 3. The number of Topliss-reactive ketones (excluding diaryl/α,β-unsaturated/α-hetero) is 2. The smallest absolute Gasteiger partial charge is 0.169 e. The van der Waals surface area contributed by atoms with Crippen LogP contribution in [0.2, 0.25) is 0 Å². The molecule has 4 aromatic carbocycles. The monoisotopic (exact) mass is 588 g/mol. The summed E-state index contributed by atoms with van der Waals surface area (Å²) in [5, 5.41) is 57.5. The van der Waals surface area contributed by atoms with Crippen LogP contribution >= 0.6 is 0 Å². The predicted molar refractivity (Wildman–Crippen MR) is 158 cm³/mol. The fourth-order valence-electron chi connectivity index (χ4n) is 6.87. The van der Waals surface area contributed by atoms with Gasteiger partial charge in [0.2, 0.25) is 0 Å². The second-order valence-electron chi connectivity index (χ2n) is 12.0. The van der Waals surface area contributed by atoms with Gasteiger partial charge in [-0.05, 0) is 48.2 Å². The van der Waals surface area contributed by atoms with Crippen molar-refractivity contribution < 1.29 is 49.3 Å². The lowest BCUT2D eigenvalue weighted by Gasteiger charge is -2.35. The molecule has 0 heterocycles. The Labute approximate surface area is 246 Å². The largest absolute Gasteiger partial charge is 0.507 e. The lowest BCUT2D eigenvalue weighted by atomic mass is 9.71. The molecule has 0 saturated heterocycles.